The van der Waals surface area contributed by atoms with Crippen molar-refractivity contribution in [3.63, 3.8) is 0 Å². The number of ether oxygens (including phenoxy) is 1. The molecule has 0 spiro atoms. The van der Waals surface area contributed by atoms with Crippen molar-refractivity contribution in [3.05, 3.63) is 0 Å². The summed E-state index contributed by atoms with van der Waals surface area (Å²) in [5, 5.41) is 3.30. The number of Topliss-reactive ketones (excluding diaryl/α,β-unsaturated/α-hetero) is 1. The molecular weight excluding hydrogens is 232 g/mol. The molecule has 1 heterocycles. The van der Waals surface area contributed by atoms with Gasteiger partial charge in [-0.3, -0.25) is 14.5 Å². The predicted octanol–water partition coefficient (Wildman–Crippen LogP) is 0.583. The van der Waals surface area contributed by atoms with Crippen LogP contribution in [0.2, 0.25) is 0 Å². The smallest absolute Gasteiger partial charge is 0.306 e. The Morgan fingerprint density at radius 2 is 1.94 bits per heavy atom. The van der Waals surface area contributed by atoms with Crippen LogP contribution in [-0.4, -0.2) is 56.0 Å². The van der Waals surface area contributed by atoms with E-state index in [9.17, 15) is 9.59 Å². The fourth-order valence-electron chi connectivity index (χ4n) is 2.21. The average molecular weight is 256 g/mol. The number of nitrogens with zero attached hydrogens (tertiary/aromatic N) is 1. The van der Waals surface area contributed by atoms with Crippen LogP contribution < -0.4 is 5.32 Å². The second kappa shape index (κ2) is 8.21. The lowest BCUT2D eigenvalue weighted by atomic mass is 10.0. The number of nitrogens with one attached hydrogen (secondary N) is 1. The Morgan fingerprint density at radius 3 is 2.56 bits per heavy atom. The highest BCUT2D eigenvalue weighted by atomic mass is 16.5. The third-order valence-electron chi connectivity index (χ3n) is 3.27. The van der Waals surface area contributed by atoms with Gasteiger partial charge >= 0.3 is 5.97 Å². The molecule has 0 aromatic heterocycles. The number of ketones is 1. The maximum atomic E-state index is 11.7. The lowest BCUT2D eigenvalue weighted by Gasteiger charge is -2.31. The van der Waals surface area contributed by atoms with Crippen molar-refractivity contribution < 1.29 is 14.3 Å². The largest absolute Gasteiger partial charge is 0.466 e. The van der Waals surface area contributed by atoms with E-state index in [0.717, 1.165) is 25.9 Å². The van der Waals surface area contributed by atoms with E-state index in [1.54, 1.807) is 6.92 Å². The van der Waals surface area contributed by atoms with Gasteiger partial charge in [0.15, 0.2) is 0 Å². The van der Waals surface area contributed by atoms with Crippen molar-refractivity contribution in [1.82, 2.24) is 10.2 Å². The molecule has 0 radical (unpaired) electrons. The SMILES string of the molecule is CCOC(=O)CCC(=O)CN(C)C1CCNCC1. The van der Waals surface area contributed by atoms with Crippen molar-refractivity contribution in [1.29, 1.82) is 0 Å². The third kappa shape index (κ3) is 5.60. The molecule has 1 aliphatic heterocycles. The summed E-state index contributed by atoms with van der Waals surface area (Å²) >= 11 is 0. The van der Waals surface area contributed by atoms with E-state index in [1.165, 1.54) is 0 Å². The molecule has 0 atom stereocenters. The number of likely N-dealkylation sites (N-methyl/N-ethyl adjacent to an activating group) is 1. The van der Waals surface area contributed by atoms with Crippen LogP contribution in [0.3, 0.4) is 0 Å². The quantitative estimate of drug-likeness (QED) is 0.675. The van der Waals surface area contributed by atoms with E-state index in [0.29, 0.717) is 19.2 Å². The van der Waals surface area contributed by atoms with Crippen LogP contribution in [-0.2, 0) is 14.3 Å². The van der Waals surface area contributed by atoms with Crippen molar-refractivity contribution in [2.75, 3.05) is 33.3 Å². The van der Waals surface area contributed by atoms with Crippen LogP contribution in [0.1, 0.15) is 32.6 Å². The molecule has 5 heteroatoms. The van der Waals surface area contributed by atoms with Gasteiger partial charge in [-0.2, -0.15) is 0 Å². The van der Waals surface area contributed by atoms with E-state index in [1.807, 2.05) is 7.05 Å². The standard InChI is InChI=1S/C13H24N2O3/c1-3-18-13(17)5-4-12(16)10-15(2)11-6-8-14-9-7-11/h11,14H,3-10H2,1-2H3. The van der Waals surface area contributed by atoms with E-state index in [-0.39, 0.29) is 24.6 Å². The number of carbonyl (C=O) groups is 2. The highest BCUT2D eigenvalue weighted by Gasteiger charge is 2.19. The zero-order valence-corrected chi connectivity index (χ0v) is 11.4. The molecule has 1 fully saturated rings. The van der Waals surface area contributed by atoms with Crippen LogP contribution in [0, 0.1) is 0 Å². The second-order valence-corrected chi connectivity index (χ2v) is 4.74. The molecular formula is C13H24N2O3. The topological polar surface area (TPSA) is 58.6 Å². The Hall–Kier alpha value is -0.940. The Balaban J connectivity index is 2.20. The van der Waals surface area contributed by atoms with Gasteiger partial charge in [0.25, 0.3) is 0 Å². The summed E-state index contributed by atoms with van der Waals surface area (Å²) in [5.74, 6) is -0.167. The van der Waals surface area contributed by atoms with Crippen molar-refractivity contribution in [3.8, 4) is 0 Å². The van der Waals surface area contributed by atoms with Gasteiger partial charge in [0, 0.05) is 12.5 Å². The van der Waals surface area contributed by atoms with Gasteiger partial charge in [-0.25, -0.2) is 0 Å². The Morgan fingerprint density at radius 1 is 1.28 bits per heavy atom. The number of rotatable bonds is 7. The fourth-order valence-corrected chi connectivity index (χ4v) is 2.21. The predicted molar refractivity (Wildman–Crippen MR) is 69.4 cm³/mol. The van der Waals surface area contributed by atoms with E-state index >= 15 is 0 Å². The Kier molecular flexibility index (Phi) is 6.90. The summed E-state index contributed by atoms with van der Waals surface area (Å²) < 4.78 is 4.80. The van der Waals surface area contributed by atoms with Gasteiger partial charge in [0.2, 0.25) is 0 Å². The number of hydrogen-bond donors (Lipinski definition) is 1. The first-order valence-corrected chi connectivity index (χ1v) is 6.71. The fraction of sp³-hybridized carbons (Fsp3) is 0.846. The molecule has 1 saturated heterocycles. The molecule has 1 N–H and O–H groups in total. The minimum Gasteiger partial charge on any atom is -0.466 e. The first kappa shape index (κ1) is 15.1. The third-order valence-corrected chi connectivity index (χ3v) is 3.27. The normalized spacial score (nSPS) is 16.8. The average Bonchev–Trinajstić information content (AvgIpc) is 2.38. The van der Waals surface area contributed by atoms with Crippen LogP contribution in [0.4, 0.5) is 0 Å². The van der Waals surface area contributed by atoms with Gasteiger partial charge in [0.1, 0.15) is 5.78 Å². The minimum atomic E-state index is -0.282. The van der Waals surface area contributed by atoms with Crippen LogP contribution >= 0.6 is 0 Å². The van der Waals surface area contributed by atoms with Gasteiger partial charge in [0.05, 0.1) is 19.6 Å². The van der Waals surface area contributed by atoms with Gasteiger partial charge < -0.3 is 10.1 Å². The Labute approximate surface area is 109 Å². The summed E-state index contributed by atoms with van der Waals surface area (Å²) in [6, 6.07) is 0.484. The van der Waals surface area contributed by atoms with Crippen LogP contribution in [0.5, 0.6) is 0 Å². The number of hydrogen-bond acceptors (Lipinski definition) is 5. The summed E-state index contributed by atoms with van der Waals surface area (Å²) in [6.07, 6.45) is 2.66. The highest BCUT2D eigenvalue weighted by molar-refractivity contribution is 5.84. The molecule has 0 saturated carbocycles. The summed E-state index contributed by atoms with van der Waals surface area (Å²) in [4.78, 5) is 25.0. The summed E-state index contributed by atoms with van der Waals surface area (Å²) in [7, 11) is 1.98. The number of carbonyl (C=O) groups excluding carboxylic acids is 2. The van der Waals surface area contributed by atoms with Gasteiger partial charge in [-0.1, -0.05) is 0 Å². The Bertz CT molecular complexity index is 275. The second-order valence-electron chi connectivity index (χ2n) is 4.74. The highest BCUT2D eigenvalue weighted by Crippen LogP contribution is 2.10. The molecule has 1 aliphatic rings. The first-order chi connectivity index (χ1) is 8.63. The number of piperidine rings is 1. The molecule has 0 aromatic carbocycles. The molecule has 0 unspecified atom stereocenters. The molecule has 0 aromatic rings. The van der Waals surface area contributed by atoms with Crippen molar-refractivity contribution >= 4 is 11.8 Å². The van der Waals surface area contributed by atoms with Crippen molar-refractivity contribution in [2.24, 2.45) is 0 Å². The lowest BCUT2D eigenvalue weighted by Crippen LogP contribution is -2.43. The lowest BCUT2D eigenvalue weighted by molar-refractivity contribution is -0.144. The zero-order valence-electron chi connectivity index (χ0n) is 11.4. The van der Waals surface area contributed by atoms with E-state index < -0.39 is 0 Å². The summed E-state index contributed by atoms with van der Waals surface area (Å²) in [6.45, 7) is 4.62. The molecule has 0 amide bonds. The van der Waals surface area contributed by atoms with Gasteiger partial charge in [-0.15, -0.1) is 0 Å². The zero-order chi connectivity index (χ0) is 13.4. The van der Waals surface area contributed by atoms with Gasteiger partial charge in [-0.05, 0) is 39.9 Å². The maximum Gasteiger partial charge on any atom is 0.306 e. The maximum absolute atomic E-state index is 11.7. The first-order valence-electron chi connectivity index (χ1n) is 6.71. The minimum absolute atomic E-state index is 0.115. The number of esters is 1. The van der Waals surface area contributed by atoms with Crippen molar-refractivity contribution in [2.45, 2.75) is 38.6 Å². The van der Waals surface area contributed by atoms with Crippen LogP contribution in [0.25, 0.3) is 0 Å². The summed E-state index contributed by atoms with van der Waals surface area (Å²) in [5.41, 5.74) is 0. The molecule has 0 aliphatic carbocycles. The molecule has 1 rings (SSSR count). The molecule has 0 bridgehead atoms. The molecule has 5 nitrogen and oxygen atoms in total. The monoisotopic (exact) mass is 256 g/mol. The molecule has 104 valence electrons. The van der Waals surface area contributed by atoms with E-state index in [4.69, 9.17) is 4.74 Å². The van der Waals surface area contributed by atoms with Crippen LogP contribution in [0.15, 0.2) is 0 Å². The van der Waals surface area contributed by atoms with E-state index in [2.05, 4.69) is 10.2 Å². The molecule has 18 heavy (non-hydrogen) atoms.